The van der Waals surface area contributed by atoms with E-state index >= 15 is 0 Å². The van der Waals surface area contributed by atoms with Gasteiger partial charge in [-0.3, -0.25) is 0 Å². The molecule has 3 atom stereocenters. The number of nitrogens with two attached hydrogens (primary N) is 1. The number of aromatic nitrogens is 2. The zero-order chi connectivity index (χ0) is 36.8. The Hall–Kier alpha value is -2.44. The summed E-state index contributed by atoms with van der Waals surface area (Å²) >= 11 is 0. The summed E-state index contributed by atoms with van der Waals surface area (Å²) in [4.78, 5) is 18.0. The third-order valence-electron chi connectivity index (χ3n) is 9.03. The molecule has 11 nitrogen and oxygen atoms in total. The first-order chi connectivity index (χ1) is 25.0. The second-order valence-corrected chi connectivity index (χ2v) is 14.3. The van der Waals surface area contributed by atoms with Gasteiger partial charge in [-0.25, -0.2) is 4.98 Å². The molecule has 0 fully saturated rings. The molecule has 286 valence electrons. The first-order valence-electron chi connectivity index (χ1n) is 19.1. The first kappa shape index (κ1) is 44.7. The summed E-state index contributed by atoms with van der Waals surface area (Å²) in [6, 6.07) is 13.2. The predicted molar refractivity (Wildman–Crippen MR) is 201 cm³/mol. The lowest BCUT2D eigenvalue weighted by Crippen LogP contribution is -2.35. The average molecular weight is 730 g/mol. The van der Waals surface area contributed by atoms with Crippen molar-refractivity contribution in [2.45, 2.75) is 147 Å². The molecule has 2 heterocycles. The van der Waals surface area contributed by atoms with Crippen molar-refractivity contribution < 1.29 is 28.2 Å². The van der Waals surface area contributed by atoms with Crippen LogP contribution >= 0.6 is 8.60 Å². The van der Waals surface area contributed by atoms with Crippen LogP contribution in [0.4, 0.5) is 0 Å². The predicted octanol–water partition coefficient (Wildman–Crippen LogP) is 8.70. The Morgan fingerprint density at radius 2 is 1.49 bits per heavy atom. The van der Waals surface area contributed by atoms with E-state index in [9.17, 15) is 15.4 Å². The molecule has 12 heteroatoms. The van der Waals surface area contributed by atoms with Crippen LogP contribution in [0.1, 0.15) is 139 Å². The largest absolute Gasteiger partial charge is 0.379 e. The van der Waals surface area contributed by atoms with E-state index in [-0.39, 0.29) is 26.4 Å². The van der Waals surface area contributed by atoms with Crippen LogP contribution in [-0.4, -0.2) is 60.1 Å². The highest BCUT2D eigenvalue weighted by molar-refractivity contribution is 7.40. The van der Waals surface area contributed by atoms with Crippen molar-refractivity contribution in [1.82, 2.24) is 9.97 Å². The fourth-order valence-electron chi connectivity index (χ4n) is 5.74. The van der Waals surface area contributed by atoms with E-state index in [0.717, 1.165) is 24.2 Å². The molecule has 0 aliphatic carbocycles. The smallest absolute Gasteiger partial charge is 0.330 e. The van der Waals surface area contributed by atoms with Gasteiger partial charge in [-0.2, -0.15) is 10.5 Å². The van der Waals surface area contributed by atoms with Crippen molar-refractivity contribution in [2.24, 2.45) is 5.73 Å². The summed E-state index contributed by atoms with van der Waals surface area (Å²) in [6.07, 6.45) is 21.5. The molecule has 0 aliphatic rings. The Morgan fingerprint density at radius 1 is 0.863 bits per heavy atom. The van der Waals surface area contributed by atoms with Crippen LogP contribution in [0.5, 0.6) is 0 Å². The van der Waals surface area contributed by atoms with Gasteiger partial charge in [-0.1, -0.05) is 109 Å². The minimum absolute atomic E-state index is 0.00990. The van der Waals surface area contributed by atoms with Gasteiger partial charge in [-0.15, -0.1) is 0 Å². The number of aromatic amines is 1. The third-order valence-corrected chi connectivity index (χ3v) is 9.75. The normalized spacial score (nSPS) is 13.8. The highest BCUT2D eigenvalue weighted by Crippen LogP contribution is 2.35. The van der Waals surface area contributed by atoms with Crippen molar-refractivity contribution in [3.8, 4) is 12.1 Å². The fraction of sp³-hybridized carbons (Fsp3) is 0.718. The number of nitrogens with one attached hydrogen (secondary N) is 1. The Morgan fingerprint density at radius 3 is 2.06 bits per heavy atom. The Kier molecular flexibility index (Phi) is 25.5. The SMILES string of the molecule is CCCCCCCCCCCCCCCCCCOCC(COP(O)OC[C@](C#N)(CCc1ccc(CN)[nH]1)OC)OCc1cccc(C#N)n1. The molecule has 0 saturated carbocycles. The van der Waals surface area contributed by atoms with E-state index in [4.69, 9.17) is 29.0 Å². The fourth-order valence-corrected chi connectivity index (χ4v) is 6.43. The maximum absolute atomic E-state index is 10.5. The highest BCUT2D eigenvalue weighted by atomic mass is 31.2. The second kappa shape index (κ2) is 29.1. The first-order valence-corrected chi connectivity index (χ1v) is 20.2. The van der Waals surface area contributed by atoms with E-state index in [1.165, 1.54) is 97.0 Å². The number of H-pyrrole nitrogens is 1. The van der Waals surface area contributed by atoms with Crippen LogP contribution in [0.25, 0.3) is 0 Å². The number of nitrogens with zero attached hydrogens (tertiary/aromatic N) is 3. The standard InChI is InChI=1S/C39H64N5O6P/c1-3-4-5-6-7-8-9-10-11-12-13-14-15-16-17-18-26-47-30-38(48-29-37-21-19-20-35(27-40)44-37)31-49-51(45)50-33-39(32-42,46-2)25-24-34-22-23-36(28-41)43-34/h19-23,38,43,45H,3-18,24-26,28-31,33,41H2,1-2H3/t38?,39-,51?/m1/s1. The molecule has 0 aliphatic heterocycles. The van der Waals surface area contributed by atoms with Crippen molar-refractivity contribution in [2.75, 3.05) is 33.5 Å². The molecule has 2 unspecified atom stereocenters. The van der Waals surface area contributed by atoms with Gasteiger partial charge < -0.3 is 38.9 Å². The molecular formula is C39H64N5O6P. The number of hydrogen-bond acceptors (Lipinski definition) is 10. The molecule has 0 saturated heterocycles. The Labute approximate surface area is 308 Å². The molecular weight excluding hydrogens is 665 g/mol. The Bertz CT molecular complexity index is 1240. The van der Waals surface area contributed by atoms with Gasteiger partial charge >= 0.3 is 8.60 Å². The molecule has 0 bridgehead atoms. The summed E-state index contributed by atoms with van der Waals surface area (Å²) in [5.41, 5.74) is 7.19. The maximum atomic E-state index is 10.5. The minimum atomic E-state index is -2.32. The van der Waals surface area contributed by atoms with Crippen molar-refractivity contribution in [3.63, 3.8) is 0 Å². The summed E-state index contributed by atoms with van der Waals surface area (Å²) in [7, 11) is -0.868. The number of pyridine rings is 1. The average Bonchev–Trinajstić information content (AvgIpc) is 3.63. The van der Waals surface area contributed by atoms with Crippen molar-refractivity contribution in [3.05, 3.63) is 53.1 Å². The number of hydrogen-bond donors (Lipinski definition) is 3. The molecule has 0 aromatic carbocycles. The molecule has 2 rings (SSSR count). The van der Waals surface area contributed by atoms with E-state index < -0.39 is 20.3 Å². The molecule has 2 aromatic heterocycles. The number of aryl methyl sites for hydroxylation is 1. The lowest BCUT2D eigenvalue weighted by molar-refractivity contribution is -0.0518. The van der Waals surface area contributed by atoms with Gasteiger partial charge in [-0.05, 0) is 43.5 Å². The van der Waals surface area contributed by atoms with Crippen LogP contribution in [0.3, 0.4) is 0 Å². The number of rotatable bonds is 33. The van der Waals surface area contributed by atoms with Gasteiger partial charge in [0.1, 0.15) is 23.9 Å². The van der Waals surface area contributed by atoms with Crippen LogP contribution in [-0.2, 0) is 42.8 Å². The molecule has 4 N–H and O–H groups in total. The number of unbranched alkanes of at least 4 members (excludes halogenated alkanes) is 15. The topological polar surface area (TPSA) is 169 Å². The zero-order valence-corrected chi connectivity index (χ0v) is 32.2. The molecule has 51 heavy (non-hydrogen) atoms. The second-order valence-electron chi connectivity index (χ2n) is 13.3. The van der Waals surface area contributed by atoms with Crippen molar-refractivity contribution in [1.29, 1.82) is 10.5 Å². The zero-order valence-electron chi connectivity index (χ0n) is 31.3. The number of methoxy groups -OCH3 is 1. The summed E-state index contributed by atoms with van der Waals surface area (Å²) < 4.78 is 28.7. The van der Waals surface area contributed by atoms with E-state index in [1.54, 1.807) is 18.2 Å². The van der Waals surface area contributed by atoms with Gasteiger partial charge in [0.15, 0.2) is 5.60 Å². The lowest BCUT2D eigenvalue weighted by Gasteiger charge is -2.26. The molecule has 0 radical (unpaired) electrons. The van der Waals surface area contributed by atoms with E-state index in [2.05, 4.69) is 23.0 Å². The highest BCUT2D eigenvalue weighted by Gasteiger charge is 2.32. The number of nitriles is 2. The summed E-state index contributed by atoms with van der Waals surface area (Å²) in [5, 5.41) is 19.1. The molecule has 2 aromatic rings. The Balaban J connectivity index is 1.67. The van der Waals surface area contributed by atoms with Gasteiger partial charge in [0, 0.05) is 31.6 Å². The minimum Gasteiger partial charge on any atom is -0.379 e. The lowest BCUT2D eigenvalue weighted by atomic mass is 9.99. The summed E-state index contributed by atoms with van der Waals surface area (Å²) in [5.74, 6) is 0. The third kappa shape index (κ3) is 21.0. The van der Waals surface area contributed by atoms with Crippen molar-refractivity contribution >= 4 is 8.60 Å². The molecule has 0 amide bonds. The monoisotopic (exact) mass is 729 g/mol. The van der Waals surface area contributed by atoms with Crippen LogP contribution in [0.2, 0.25) is 0 Å². The van der Waals surface area contributed by atoms with Crippen LogP contribution < -0.4 is 5.73 Å². The van der Waals surface area contributed by atoms with Gasteiger partial charge in [0.05, 0.1) is 32.1 Å². The maximum Gasteiger partial charge on any atom is 0.330 e. The van der Waals surface area contributed by atoms with Crippen LogP contribution in [0.15, 0.2) is 30.3 Å². The van der Waals surface area contributed by atoms with E-state index in [1.807, 2.05) is 18.2 Å². The quantitative estimate of drug-likeness (QED) is 0.0477. The van der Waals surface area contributed by atoms with Gasteiger partial charge in [0.2, 0.25) is 0 Å². The van der Waals surface area contributed by atoms with Crippen LogP contribution in [0, 0.1) is 22.7 Å². The molecule has 0 spiro atoms. The summed E-state index contributed by atoms with van der Waals surface area (Å²) in [6.45, 7) is 3.54. The van der Waals surface area contributed by atoms with Gasteiger partial charge in [0.25, 0.3) is 0 Å². The number of ether oxygens (including phenoxy) is 3. The van der Waals surface area contributed by atoms with E-state index in [0.29, 0.717) is 37.4 Å².